The van der Waals surface area contributed by atoms with Crippen LogP contribution in [-0.4, -0.2) is 51.9 Å². The third-order valence-corrected chi connectivity index (χ3v) is 8.38. The molecule has 3 aliphatic rings. The minimum Gasteiger partial charge on any atom is -0.456 e. The molecule has 43 heavy (non-hydrogen) atoms. The number of hydrogen-bond acceptors (Lipinski definition) is 8. The maximum absolute atomic E-state index is 13.5. The third-order valence-electron chi connectivity index (χ3n) is 8.38. The van der Waals surface area contributed by atoms with E-state index < -0.39 is 12.1 Å². The van der Waals surface area contributed by atoms with Gasteiger partial charge in [0, 0.05) is 35.9 Å². The van der Waals surface area contributed by atoms with Crippen molar-refractivity contribution in [3.63, 3.8) is 0 Å². The average Bonchev–Trinajstić information content (AvgIpc) is 3.39. The van der Waals surface area contributed by atoms with Gasteiger partial charge in [0.2, 0.25) is 5.91 Å². The number of aromatic nitrogens is 1. The lowest BCUT2D eigenvalue weighted by molar-refractivity contribution is -0.117. The number of fused-ring (bicyclic) bond motifs is 1. The zero-order valence-corrected chi connectivity index (χ0v) is 23.7. The quantitative estimate of drug-likeness (QED) is 0.280. The molecule has 3 atom stereocenters. The number of piperidine rings is 1. The van der Waals surface area contributed by atoms with E-state index in [1.165, 1.54) is 5.56 Å². The van der Waals surface area contributed by atoms with Crippen LogP contribution in [0, 0.1) is 11.8 Å². The Balaban J connectivity index is 1.04. The van der Waals surface area contributed by atoms with Crippen molar-refractivity contribution in [2.75, 3.05) is 18.4 Å². The van der Waals surface area contributed by atoms with Crippen LogP contribution in [0.25, 0.3) is 22.3 Å². The minimum atomic E-state index is -1.05. The molecule has 1 saturated heterocycles. The summed E-state index contributed by atoms with van der Waals surface area (Å²) in [7, 11) is 0. The predicted octanol–water partition coefficient (Wildman–Crippen LogP) is 5.04. The molecule has 0 bridgehead atoms. The van der Waals surface area contributed by atoms with Crippen LogP contribution in [0.1, 0.15) is 48.3 Å². The van der Waals surface area contributed by atoms with E-state index in [1.54, 1.807) is 30.5 Å². The first-order chi connectivity index (χ1) is 20.9. The van der Waals surface area contributed by atoms with Crippen LogP contribution in [0.15, 0.2) is 82.4 Å². The normalized spacial score (nSPS) is 20.9. The van der Waals surface area contributed by atoms with Gasteiger partial charge in [-0.1, -0.05) is 30.3 Å². The molecule has 4 aromatic rings. The first kappa shape index (κ1) is 27.1. The number of rotatable bonds is 7. The van der Waals surface area contributed by atoms with Gasteiger partial charge in [0.1, 0.15) is 29.0 Å². The number of anilines is 1. The Bertz CT molecular complexity index is 1700. The van der Waals surface area contributed by atoms with E-state index >= 15 is 0 Å². The van der Waals surface area contributed by atoms with Gasteiger partial charge in [0.15, 0.2) is 0 Å². The third kappa shape index (κ3) is 5.55. The molecule has 2 amide bonds. The summed E-state index contributed by atoms with van der Waals surface area (Å²) in [5, 5.41) is 10.1. The predicted molar refractivity (Wildman–Crippen MR) is 160 cm³/mol. The van der Waals surface area contributed by atoms with Crippen molar-refractivity contribution < 1.29 is 18.4 Å². The number of hydrazine groups is 2. The van der Waals surface area contributed by atoms with E-state index in [0.717, 1.165) is 29.6 Å². The topological polar surface area (TPSA) is 115 Å². The van der Waals surface area contributed by atoms with Crippen LogP contribution in [0.5, 0.6) is 0 Å². The number of likely N-dealkylation sites (tertiary alicyclic amines) is 1. The number of alkyl halides is 1. The smallest absolute Gasteiger partial charge is 0.272 e. The molecule has 7 rings (SSSR count). The van der Waals surface area contributed by atoms with Crippen LogP contribution < -0.4 is 16.3 Å². The molecule has 2 fully saturated rings. The molecule has 0 spiro atoms. The summed E-state index contributed by atoms with van der Waals surface area (Å²) in [5.41, 5.74) is 9.73. The zero-order valence-electron chi connectivity index (χ0n) is 23.7. The Morgan fingerprint density at radius 3 is 2.58 bits per heavy atom. The Hall–Kier alpha value is -4.77. The van der Waals surface area contributed by atoms with E-state index in [9.17, 15) is 14.0 Å². The molecule has 3 N–H and O–H groups in total. The van der Waals surface area contributed by atoms with Gasteiger partial charge in [-0.05, 0) is 74.1 Å². The van der Waals surface area contributed by atoms with Crippen molar-refractivity contribution in [3.05, 3.63) is 84.2 Å². The molecule has 1 saturated carbocycles. The van der Waals surface area contributed by atoms with Crippen molar-refractivity contribution >= 4 is 34.3 Å². The molecular weight excluding hydrogens is 549 g/mol. The monoisotopic (exact) mass is 581 g/mol. The van der Waals surface area contributed by atoms with Gasteiger partial charge in [-0.3, -0.25) is 20.0 Å². The second-order valence-corrected chi connectivity index (χ2v) is 11.4. The molecule has 0 radical (unpaired) electrons. The number of amidine groups is 1. The fourth-order valence-corrected chi connectivity index (χ4v) is 5.96. The van der Waals surface area contributed by atoms with Gasteiger partial charge in [-0.25, -0.2) is 9.51 Å². The number of carbonyl (C=O) groups is 2. The minimum absolute atomic E-state index is 0.0288. The molecule has 2 aromatic carbocycles. The van der Waals surface area contributed by atoms with Gasteiger partial charge in [0.05, 0.1) is 12.0 Å². The number of nitrogens with zero attached hydrogens (tertiary/aromatic N) is 4. The summed E-state index contributed by atoms with van der Waals surface area (Å²) < 4.78 is 19.3. The molecule has 1 aliphatic carbocycles. The van der Waals surface area contributed by atoms with Crippen LogP contribution >= 0.6 is 0 Å². The van der Waals surface area contributed by atoms with Crippen molar-refractivity contribution in [2.24, 2.45) is 16.9 Å². The SMILES string of the molecule is CC1=NN([C@H](c2ccccc2)C2CCN(C(=O)c3cc(-c4cc5cc(NC(=O)[C@@H]6C[C@@H]6F)ccc5o4)ccn3)CC2)NN1. The van der Waals surface area contributed by atoms with Crippen LogP contribution in [-0.2, 0) is 4.79 Å². The number of carbonyl (C=O) groups excluding carboxylic acids is 2. The van der Waals surface area contributed by atoms with Crippen molar-refractivity contribution in [3.8, 4) is 11.3 Å². The number of benzene rings is 2. The molecule has 0 unspecified atom stereocenters. The number of amides is 2. The van der Waals surface area contributed by atoms with Gasteiger partial charge >= 0.3 is 0 Å². The van der Waals surface area contributed by atoms with E-state index in [-0.39, 0.29) is 24.3 Å². The highest BCUT2D eigenvalue weighted by Crippen LogP contribution is 2.37. The summed E-state index contributed by atoms with van der Waals surface area (Å²) >= 11 is 0. The molecular formula is C32H32FN7O3. The Kier molecular flexibility index (Phi) is 7.02. The number of pyridine rings is 1. The number of halogens is 1. The molecule has 220 valence electrons. The number of hydrogen-bond donors (Lipinski definition) is 3. The average molecular weight is 582 g/mol. The summed E-state index contributed by atoms with van der Waals surface area (Å²) in [5.74, 6) is 0.716. The summed E-state index contributed by atoms with van der Waals surface area (Å²) in [6, 6.07) is 21.1. The largest absolute Gasteiger partial charge is 0.456 e. The second kappa shape index (κ2) is 11.1. The van der Waals surface area contributed by atoms with Crippen molar-refractivity contribution in [1.29, 1.82) is 0 Å². The Morgan fingerprint density at radius 1 is 1.07 bits per heavy atom. The summed E-state index contributed by atoms with van der Waals surface area (Å²) in [6.45, 7) is 3.15. The van der Waals surface area contributed by atoms with Crippen molar-refractivity contribution in [2.45, 2.75) is 38.4 Å². The lowest BCUT2D eigenvalue weighted by atomic mass is 9.85. The van der Waals surface area contributed by atoms with Crippen LogP contribution in [0.4, 0.5) is 10.1 Å². The highest BCUT2D eigenvalue weighted by Gasteiger charge is 2.43. The first-order valence-electron chi connectivity index (χ1n) is 14.6. The van der Waals surface area contributed by atoms with E-state index in [2.05, 4.69) is 38.5 Å². The summed E-state index contributed by atoms with van der Waals surface area (Å²) in [4.78, 5) is 31.9. The molecule has 4 heterocycles. The lowest BCUT2D eigenvalue weighted by Gasteiger charge is -2.38. The fourth-order valence-electron chi connectivity index (χ4n) is 5.96. The van der Waals surface area contributed by atoms with Gasteiger partial charge < -0.3 is 14.6 Å². The van der Waals surface area contributed by atoms with Crippen molar-refractivity contribution in [1.82, 2.24) is 26.0 Å². The molecule has 10 nitrogen and oxygen atoms in total. The first-order valence-corrected chi connectivity index (χ1v) is 14.6. The number of hydrazone groups is 1. The zero-order chi connectivity index (χ0) is 29.5. The second-order valence-electron chi connectivity index (χ2n) is 11.4. The highest BCUT2D eigenvalue weighted by atomic mass is 19.1. The molecule has 11 heteroatoms. The summed E-state index contributed by atoms with van der Waals surface area (Å²) in [6.07, 6.45) is 2.51. The Labute approximate surface area is 247 Å². The van der Waals surface area contributed by atoms with E-state index in [4.69, 9.17) is 4.42 Å². The number of nitrogens with one attached hydrogen (secondary N) is 3. The van der Waals surface area contributed by atoms with Gasteiger partial charge in [0.25, 0.3) is 5.91 Å². The lowest BCUT2D eigenvalue weighted by Crippen LogP contribution is -2.46. The van der Waals surface area contributed by atoms with E-state index in [1.807, 2.05) is 47.3 Å². The highest BCUT2D eigenvalue weighted by molar-refractivity contribution is 5.97. The van der Waals surface area contributed by atoms with Crippen LogP contribution in [0.3, 0.4) is 0 Å². The molecule has 2 aliphatic heterocycles. The maximum Gasteiger partial charge on any atom is 0.272 e. The van der Waals surface area contributed by atoms with E-state index in [0.29, 0.717) is 41.7 Å². The fraction of sp³-hybridized carbons (Fsp3) is 0.312. The Morgan fingerprint density at radius 2 is 1.86 bits per heavy atom. The standard InChI is InChI=1S/C32H32FN7O3/c1-19-36-38-40(37-19)30(20-5-3-2-4-6-20)21-10-13-39(14-11-21)32(42)27-16-22(9-12-34-27)29-17-23-15-24(7-8-28(23)43-29)35-31(41)25-18-26(25)33/h2-9,12,15-17,21,25-26,30,38H,10-11,13-14,18H2,1H3,(H,35,41)(H,36,37)/t25-,26+,30-/m1/s1. The maximum atomic E-state index is 13.5. The van der Waals surface area contributed by atoms with Gasteiger partial charge in [-0.2, -0.15) is 0 Å². The number of furan rings is 1. The molecule has 2 aromatic heterocycles. The van der Waals surface area contributed by atoms with Gasteiger partial charge in [-0.15, -0.1) is 10.6 Å². The van der Waals surface area contributed by atoms with Crippen LogP contribution in [0.2, 0.25) is 0 Å².